The molecule has 3 rings (SSSR count). The lowest BCUT2D eigenvalue weighted by atomic mass is 9.79. The summed E-state index contributed by atoms with van der Waals surface area (Å²) in [7, 11) is 0. The molecule has 1 aromatic rings. The maximum Gasteiger partial charge on any atom is 0.133 e. The Balaban J connectivity index is 1.94. The number of nitrogens with zero attached hydrogens (tertiary/aromatic N) is 3. The Morgan fingerprint density at radius 3 is 2.64 bits per heavy atom. The largest absolute Gasteiger partial charge is 0.390 e. The summed E-state index contributed by atoms with van der Waals surface area (Å²) < 4.78 is 5.72. The van der Waals surface area contributed by atoms with Gasteiger partial charge in [-0.15, -0.1) is 0 Å². The molecule has 1 aromatic heterocycles. The zero-order chi connectivity index (χ0) is 18.2. The molecule has 2 fully saturated rings. The van der Waals surface area contributed by atoms with Gasteiger partial charge in [-0.2, -0.15) is 0 Å². The van der Waals surface area contributed by atoms with Gasteiger partial charge < -0.3 is 14.7 Å². The van der Waals surface area contributed by atoms with Gasteiger partial charge in [-0.05, 0) is 32.1 Å². The summed E-state index contributed by atoms with van der Waals surface area (Å²) in [4.78, 5) is 12.0. The highest BCUT2D eigenvalue weighted by atomic mass is 16.5. The van der Waals surface area contributed by atoms with E-state index in [1.807, 2.05) is 6.92 Å². The van der Waals surface area contributed by atoms with Crippen LogP contribution in [0.1, 0.15) is 77.2 Å². The molecule has 0 bridgehead atoms. The molecule has 5 heteroatoms. The molecule has 1 N–H and O–H groups in total. The van der Waals surface area contributed by atoms with Crippen LogP contribution in [0.4, 0.5) is 5.82 Å². The minimum atomic E-state index is -0.666. The molecular formula is C20H33N3O2. The Labute approximate surface area is 151 Å². The third-order valence-corrected chi connectivity index (χ3v) is 5.76. The molecule has 3 atom stereocenters. The fraction of sp³-hybridized carbons (Fsp3) is 0.800. The number of hydrogen-bond acceptors (Lipinski definition) is 5. The third-order valence-electron chi connectivity index (χ3n) is 5.76. The summed E-state index contributed by atoms with van der Waals surface area (Å²) in [5, 5.41) is 10.9. The summed E-state index contributed by atoms with van der Waals surface area (Å²) in [5.74, 6) is 2.74. The second-order valence-corrected chi connectivity index (χ2v) is 8.51. The number of rotatable bonds is 4. The summed E-state index contributed by atoms with van der Waals surface area (Å²) in [6.45, 7) is 12.9. The van der Waals surface area contributed by atoms with Crippen LogP contribution in [0.2, 0.25) is 0 Å². The quantitative estimate of drug-likeness (QED) is 0.903. The van der Waals surface area contributed by atoms with Gasteiger partial charge in [0, 0.05) is 42.8 Å². The average molecular weight is 348 g/mol. The lowest BCUT2D eigenvalue weighted by Gasteiger charge is -2.43. The van der Waals surface area contributed by atoms with Crippen molar-refractivity contribution >= 4 is 5.82 Å². The van der Waals surface area contributed by atoms with E-state index in [4.69, 9.17) is 14.7 Å². The van der Waals surface area contributed by atoms with E-state index in [0.29, 0.717) is 31.5 Å². The third kappa shape index (κ3) is 3.82. The van der Waals surface area contributed by atoms with E-state index < -0.39 is 5.60 Å². The zero-order valence-electron chi connectivity index (χ0n) is 16.3. The van der Waals surface area contributed by atoms with Crippen LogP contribution >= 0.6 is 0 Å². The number of ether oxygens (including phenoxy) is 1. The Hall–Kier alpha value is -1.20. The monoisotopic (exact) mass is 347 g/mol. The first-order chi connectivity index (χ1) is 11.8. The van der Waals surface area contributed by atoms with Gasteiger partial charge in [0.1, 0.15) is 11.6 Å². The van der Waals surface area contributed by atoms with Crippen molar-refractivity contribution < 1.29 is 9.84 Å². The van der Waals surface area contributed by atoms with E-state index in [2.05, 4.69) is 38.7 Å². The van der Waals surface area contributed by atoms with Crippen molar-refractivity contribution in [1.82, 2.24) is 9.97 Å². The predicted octanol–water partition coefficient (Wildman–Crippen LogP) is 3.48. The van der Waals surface area contributed by atoms with Crippen LogP contribution in [-0.2, 0) is 4.74 Å². The first kappa shape index (κ1) is 18.6. The molecule has 0 amide bonds. The highest BCUT2D eigenvalue weighted by molar-refractivity contribution is 5.44. The van der Waals surface area contributed by atoms with E-state index in [0.717, 1.165) is 36.7 Å². The predicted molar refractivity (Wildman–Crippen MR) is 100 cm³/mol. The molecule has 25 heavy (non-hydrogen) atoms. The molecule has 3 heterocycles. The van der Waals surface area contributed by atoms with Gasteiger partial charge in [0.15, 0.2) is 0 Å². The van der Waals surface area contributed by atoms with Crippen LogP contribution in [-0.4, -0.2) is 46.5 Å². The topological polar surface area (TPSA) is 58.5 Å². The molecule has 2 saturated heterocycles. The number of aliphatic hydroxyl groups is 1. The molecule has 0 unspecified atom stereocenters. The summed E-state index contributed by atoms with van der Waals surface area (Å²) in [5.41, 5.74) is 0.436. The van der Waals surface area contributed by atoms with Crippen LogP contribution in [0.5, 0.6) is 0 Å². The Morgan fingerprint density at radius 2 is 2.00 bits per heavy atom. The molecule has 2 aliphatic heterocycles. The van der Waals surface area contributed by atoms with Crippen LogP contribution in [0.25, 0.3) is 0 Å². The van der Waals surface area contributed by atoms with Crippen molar-refractivity contribution in [3.05, 3.63) is 17.6 Å². The molecular weight excluding hydrogens is 314 g/mol. The zero-order valence-corrected chi connectivity index (χ0v) is 16.3. The van der Waals surface area contributed by atoms with Gasteiger partial charge in [0.05, 0.1) is 12.2 Å². The average Bonchev–Trinajstić information content (AvgIpc) is 3.03. The lowest BCUT2D eigenvalue weighted by molar-refractivity contribution is -0.108. The van der Waals surface area contributed by atoms with Gasteiger partial charge in [-0.25, -0.2) is 9.97 Å². The van der Waals surface area contributed by atoms with Gasteiger partial charge in [-0.1, -0.05) is 27.7 Å². The van der Waals surface area contributed by atoms with Crippen molar-refractivity contribution in [1.29, 1.82) is 0 Å². The van der Waals surface area contributed by atoms with Gasteiger partial charge in [-0.3, -0.25) is 0 Å². The van der Waals surface area contributed by atoms with E-state index in [9.17, 15) is 5.11 Å². The second kappa shape index (κ2) is 7.20. The maximum absolute atomic E-state index is 10.9. The minimum Gasteiger partial charge on any atom is -0.390 e. The first-order valence-corrected chi connectivity index (χ1v) is 9.75. The van der Waals surface area contributed by atoms with Gasteiger partial charge in [0.25, 0.3) is 0 Å². The van der Waals surface area contributed by atoms with E-state index in [1.54, 1.807) is 0 Å². The number of hydrogen-bond donors (Lipinski definition) is 1. The minimum absolute atomic E-state index is 0.128. The molecule has 140 valence electrons. The molecule has 0 spiro atoms. The number of anilines is 1. The Kier molecular flexibility index (Phi) is 5.35. The van der Waals surface area contributed by atoms with Gasteiger partial charge >= 0.3 is 0 Å². The highest BCUT2D eigenvalue weighted by Crippen LogP contribution is 2.38. The van der Waals surface area contributed by atoms with E-state index >= 15 is 0 Å². The lowest BCUT2D eigenvalue weighted by Crippen LogP contribution is -2.52. The number of aromatic nitrogens is 2. The van der Waals surface area contributed by atoms with Gasteiger partial charge in [0.2, 0.25) is 0 Å². The van der Waals surface area contributed by atoms with E-state index in [-0.39, 0.29) is 12.0 Å². The van der Waals surface area contributed by atoms with Crippen LogP contribution in [0.3, 0.4) is 0 Å². The fourth-order valence-electron chi connectivity index (χ4n) is 4.05. The fourth-order valence-corrected chi connectivity index (χ4v) is 4.05. The van der Waals surface area contributed by atoms with Crippen LogP contribution in [0, 0.1) is 5.92 Å². The standard InChI is InChI=1S/C20H33N3O2/c1-13(2)16-11-18(22-19(21-16)14(3)4)23-9-6-7-17(23)15-12-25-10-8-20(15,5)24/h11,13-15,17,24H,6-10,12H2,1-5H3/t15-,17-,20+/m1/s1. The van der Waals surface area contributed by atoms with Crippen molar-refractivity contribution in [2.24, 2.45) is 5.92 Å². The SMILES string of the molecule is CC(C)c1cc(N2CCC[C@@H]2[C@H]2COCC[C@]2(C)O)nc(C(C)C)n1. The van der Waals surface area contributed by atoms with E-state index in [1.165, 1.54) is 0 Å². The normalized spacial score (nSPS) is 30.5. The Bertz CT molecular complexity index is 574. The summed E-state index contributed by atoms with van der Waals surface area (Å²) in [6.07, 6.45) is 2.93. The molecule has 2 aliphatic rings. The maximum atomic E-state index is 10.9. The second-order valence-electron chi connectivity index (χ2n) is 8.51. The molecule has 0 saturated carbocycles. The summed E-state index contributed by atoms with van der Waals surface area (Å²) in [6, 6.07) is 2.43. The highest BCUT2D eigenvalue weighted by Gasteiger charge is 2.44. The first-order valence-electron chi connectivity index (χ1n) is 9.75. The Morgan fingerprint density at radius 1 is 1.24 bits per heavy atom. The van der Waals surface area contributed by atoms with Crippen molar-refractivity contribution in [3.8, 4) is 0 Å². The molecule has 0 aliphatic carbocycles. The van der Waals surface area contributed by atoms with Crippen LogP contribution in [0.15, 0.2) is 6.07 Å². The van der Waals surface area contributed by atoms with Crippen molar-refractivity contribution in [3.63, 3.8) is 0 Å². The molecule has 0 radical (unpaired) electrons. The van der Waals surface area contributed by atoms with Crippen molar-refractivity contribution in [2.45, 2.75) is 77.4 Å². The smallest absolute Gasteiger partial charge is 0.133 e. The van der Waals surface area contributed by atoms with Crippen LogP contribution < -0.4 is 4.90 Å². The molecule has 5 nitrogen and oxygen atoms in total. The summed E-state index contributed by atoms with van der Waals surface area (Å²) >= 11 is 0. The van der Waals surface area contributed by atoms with Crippen molar-refractivity contribution in [2.75, 3.05) is 24.7 Å². The molecule has 0 aromatic carbocycles.